The molecule has 2 aromatic carbocycles. The fourth-order valence-electron chi connectivity index (χ4n) is 3.51. The molecular weight excluding hydrogens is 366 g/mol. The molecule has 150 valence electrons. The van der Waals surface area contributed by atoms with Gasteiger partial charge in [-0.2, -0.15) is 0 Å². The van der Waals surface area contributed by atoms with E-state index < -0.39 is 0 Å². The van der Waals surface area contributed by atoms with E-state index in [0.717, 1.165) is 34.1 Å². The number of hydrogen-bond donors (Lipinski definition) is 0. The van der Waals surface area contributed by atoms with Crippen LogP contribution in [0.1, 0.15) is 18.1 Å². The summed E-state index contributed by atoms with van der Waals surface area (Å²) in [5.74, 6) is 0. The first-order chi connectivity index (χ1) is 13.8. The summed E-state index contributed by atoms with van der Waals surface area (Å²) >= 11 is 0. The molecule has 4 aromatic rings. The number of hydrogen-bond acceptors (Lipinski definition) is 2. The van der Waals surface area contributed by atoms with Crippen LogP contribution in [0.4, 0.5) is 0 Å². The standard InChI is InChI=1S/C11H11N3O.C11H14N2O/c1-12-7-8-4-5-9-10(6-8)14(3)11(15)13(9)2;1-4-8-5-6-9-10(7-8)13(3)11(14)12(9)2/h4-6H,7H2,2-3H3;5-7H,4H2,1-3H3. The average molecular weight is 391 g/mol. The Labute approximate surface area is 168 Å². The molecule has 0 aliphatic heterocycles. The summed E-state index contributed by atoms with van der Waals surface area (Å²) in [5.41, 5.74) is 5.99. The molecule has 2 heterocycles. The van der Waals surface area contributed by atoms with Crippen molar-refractivity contribution in [1.29, 1.82) is 0 Å². The predicted octanol–water partition coefficient (Wildman–Crippen LogP) is 2.74. The van der Waals surface area contributed by atoms with Gasteiger partial charge in [0.2, 0.25) is 6.54 Å². The van der Waals surface area contributed by atoms with Crippen molar-refractivity contribution in [2.75, 3.05) is 0 Å². The van der Waals surface area contributed by atoms with Crippen LogP contribution in [0.15, 0.2) is 46.0 Å². The zero-order chi connectivity index (χ0) is 21.3. The molecule has 2 aromatic heterocycles. The summed E-state index contributed by atoms with van der Waals surface area (Å²) in [7, 11) is 7.10. The van der Waals surface area contributed by atoms with Gasteiger partial charge in [0, 0.05) is 33.8 Å². The lowest BCUT2D eigenvalue weighted by atomic mass is 10.1. The van der Waals surface area contributed by atoms with Crippen molar-refractivity contribution in [1.82, 2.24) is 18.3 Å². The van der Waals surface area contributed by atoms with Crippen LogP contribution >= 0.6 is 0 Å². The quantitative estimate of drug-likeness (QED) is 0.494. The van der Waals surface area contributed by atoms with Gasteiger partial charge in [-0.05, 0) is 42.3 Å². The SMILES string of the molecule is CCc1ccc2c(c1)n(C)c(=O)n2C.[C-]#[N+]Cc1ccc2c(c1)n(C)c(=O)n2C. The summed E-state index contributed by atoms with van der Waals surface area (Å²) in [6, 6.07) is 11.8. The molecule has 0 unspecified atom stereocenters. The average Bonchev–Trinajstić information content (AvgIpc) is 3.08. The van der Waals surface area contributed by atoms with E-state index in [4.69, 9.17) is 6.57 Å². The van der Waals surface area contributed by atoms with E-state index in [2.05, 4.69) is 23.9 Å². The Kier molecular flexibility index (Phi) is 5.46. The number of rotatable bonds is 2. The number of nitrogens with zero attached hydrogens (tertiary/aromatic N) is 5. The van der Waals surface area contributed by atoms with Crippen LogP contribution in [-0.2, 0) is 41.2 Å². The van der Waals surface area contributed by atoms with E-state index in [1.54, 1.807) is 39.4 Å². The van der Waals surface area contributed by atoms with Crippen LogP contribution in [0.3, 0.4) is 0 Å². The number of imidazole rings is 2. The maximum atomic E-state index is 11.6. The van der Waals surface area contributed by atoms with Crippen LogP contribution < -0.4 is 11.4 Å². The molecule has 0 fully saturated rings. The first-order valence-electron chi connectivity index (χ1n) is 9.42. The third kappa shape index (κ3) is 3.49. The molecule has 0 aliphatic rings. The van der Waals surface area contributed by atoms with Crippen LogP contribution in [0.2, 0.25) is 0 Å². The highest BCUT2D eigenvalue weighted by atomic mass is 16.2. The summed E-state index contributed by atoms with van der Waals surface area (Å²) in [6.07, 6.45) is 0.999. The highest BCUT2D eigenvalue weighted by Gasteiger charge is 2.08. The van der Waals surface area contributed by atoms with Gasteiger partial charge in [-0.3, -0.25) is 18.3 Å². The summed E-state index contributed by atoms with van der Waals surface area (Å²) in [4.78, 5) is 26.6. The van der Waals surface area contributed by atoms with E-state index in [0.29, 0.717) is 6.54 Å². The van der Waals surface area contributed by atoms with Gasteiger partial charge in [0.1, 0.15) is 0 Å². The number of aromatic nitrogens is 4. The molecular formula is C22H25N5O2. The Balaban J connectivity index is 0.000000166. The van der Waals surface area contributed by atoms with Crippen molar-refractivity contribution in [3.05, 3.63) is 79.9 Å². The smallest absolute Gasteiger partial charge is 0.312 e. The molecule has 0 aliphatic carbocycles. The normalized spacial score (nSPS) is 10.8. The second-order valence-electron chi connectivity index (χ2n) is 7.12. The van der Waals surface area contributed by atoms with E-state index in [-0.39, 0.29) is 11.4 Å². The van der Waals surface area contributed by atoms with Crippen molar-refractivity contribution in [2.24, 2.45) is 28.2 Å². The first-order valence-corrected chi connectivity index (χ1v) is 9.42. The van der Waals surface area contributed by atoms with Gasteiger partial charge in [-0.25, -0.2) is 16.2 Å². The van der Waals surface area contributed by atoms with E-state index in [1.165, 1.54) is 5.56 Å². The zero-order valence-electron chi connectivity index (χ0n) is 17.4. The zero-order valence-corrected chi connectivity index (χ0v) is 17.4. The summed E-state index contributed by atoms with van der Waals surface area (Å²) < 4.78 is 6.57. The van der Waals surface area contributed by atoms with E-state index in [1.807, 2.05) is 31.3 Å². The summed E-state index contributed by atoms with van der Waals surface area (Å²) in [5, 5.41) is 0. The van der Waals surface area contributed by atoms with Crippen molar-refractivity contribution < 1.29 is 0 Å². The third-order valence-electron chi connectivity index (χ3n) is 5.34. The van der Waals surface area contributed by atoms with Gasteiger partial charge in [0.15, 0.2) is 0 Å². The lowest BCUT2D eigenvalue weighted by Gasteiger charge is -1.98. The molecule has 0 saturated heterocycles. The van der Waals surface area contributed by atoms with Gasteiger partial charge in [0.25, 0.3) is 0 Å². The molecule has 4 rings (SSSR count). The molecule has 0 saturated carbocycles. The molecule has 29 heavy (non-hydrogen) atoms. The van der Waals surface area contributed by atoms with Crippen LogP contribution in [-0.4, -0.2) is 18.3 Å². The van der Waals surface area contributed by atoms with Crippen LogP contribution in [0.5, 0.6) is 0 Å². The fourth-order valence-corrected chi connectivity index (χ4v) is 3.51. The second-order valence-corrected chi connectivity index (χ2v) is 7.12. The van der Waals surface area contributed by atoms with Crippen molar-refractivity contribution in [3.63, 3.8) is 0 Å². The molecule has 0 N–H and O–H groups in total. The van der Waals surface area contributed by atoms with Gasteiger partial charge in [-0.1, -0.05) is 13.0 Å². The monoisotopic (exact) mass is 391 g/mol. The number of benzene rings is 2. The lowest BCUT2D eigenvalue weighted by molar-refractivity contribution is 0.795. The minimum absolute atomic E-state index is 0.0354. The van der Waals surface area contributed by atoms with Gasteiger partial charge < -0.3 is 4.85 Å². The minimum atomic E-state index is -0.0371. The topological polar surface area (TPSA) is 58.2 Å². The Morgan fingerprint density at radius 1 is 0.724 bits per heavy atom. The van der Waals surface area contributed by atoms with Gasteiger partial charge in [0.05, 0.1) is 22.1 Å². The Morgan fingerprint density at radius 2 is 1.14 bits per heavy atom. The first kappa shape index (κ1) is 20.2. The van der Waals surface area contributed by atoms with E-state index >= 15 is 0 Å². The van der Waals surface area contributed by atoms with Crippen molar-refractivity contribution >= 4 is 22.1 Å². The van der Waals surface area contributed by atoms with E-state index in [9.17, 15) is 9.59 Å². The van der Waals surface area contributed by atoms with Gasteiger partial charge >= 0.3 is 11.4 Å². The highest BCUT2D eigenvalue weighted by molar-refractivity contribution is 5.77. The molecule has 0 bridgehead atoms. The molecule has 7 nitrogen and oxygen atoms in total. The molecule has 0 amide bonds. The molecule has 0 radical (unpaired) electrons. The summed E-state index contributed by atoms with van der Waals surface area (Å²) in [6.45, 7) is 9.27. The maximum Gasteiger partial charge on any atom is 0.328 e. The Hall–Kier alpha value is -3.53. The Bertz CT molecular complexity index is 1360. The minimum Gasteiger partial charge on any atom is -0.312 e. The predicted molar refractivity (Wildman–Crippen MR) is 116 cm³/mol. The fraction of sp³-hybridized carbons (Fsp3) is 0.318. The van der Waals surface area contributed by atoms with Crippen LogP contribution in [0.25, 0.3) is 26.9 Å². The molecule has 7 heteroatoms. The third-order valence-corrected chi connectivity index (χ3v) is 5.34. The molecule has 0 spiro atoms. The maximum absolute atomic E-state index is 11.6. The highest BCUT2D eigenvalue weighted by Crippen LogP contribution is 2.15. The van der Waals surface area contributed by atoms with Gasteiger partial charge in [-0.15, -0.1) is 0 Å². The number of fused-ring (bicyclic) bond motifs is 2. The largest absolute Gasteiger partial charge is 0.328 e. The second kappa shape index (κ2) is 7.84. The Morgan fingerprint density at radius 3 is 1.59 bits per heavy atom. The van der Waals surface area contributed by atoms with Crippen molar-refractivity contribution in [2.45, 2.75) is 19.9 Å². The van der Waals surface area contributed by atoms with Crippen molar-refractivity contribution in [3.8, 4) is 0 Å². The lowest BCUT2D eigenvalue weighted by Crippen LogP contribution is -2.19. The van der Waals surface area contributed by atoms with Crippen LogP contribution in [0, 0.1) is 6.57 Å². The number of aryl methyl sites for hydroxylation is 5. The molecule has 0 atom stereocenters.